The predicted octanol–water partition coefficient (Wildman–Crippen LogP) is 2.91. The molecule has 3 aromatic rings. The Morgan fingerprint density at radius 2 is 1.71 bits per heavy atom. The molecule has 0 radical (unpaired) electrons. The first-order valence-electron chi connectivity index (χ1n) is 6.54. The van der Waals surface area contributed by atoms with Crippen molar-refractivity contribution in [3.05, 3.63) is 71.9 Å². The van der Waals surface area contributed by atoms with Gasteiger partial charge < -0.3 is 11.5 Å². The molecule has 4 heteroatoms. The van der Waals surface area contributed by atoms with E-state index in [1.807, 2.05) is 49.4 Å². The summed E-state index contributed by atoms with van der Waals surface area (Å²) >= 11 is 0. The van der Waals surface area contributed by atoms with E-state index in [0.717, 1.165) is 22.2 Å². The fraction of sp³-hybridized carbons (Fsp3) is 0.0588. The van der Waals surface area contributed by atoms with E-state index in [4.69, 9.17) is 11.5 Å². The van der Waals surface area contributed by atoms with Gasteiger partial charge in [0.05, 0.1) is 11.2 Å². The van der Waals surface area contributed by atoms with Crippen LogP contribution < -0.4 is 11.5 Å². The van der Waals surface area contributed by atoms with Gasteiger partial charge in [0, 0.05) is 17.1 Å². The third kappa shape index (κ3) is 3.57. The van der Waals surface area contributed by atoms with Crippen molar-refractivity contribution in [2.75, 3.05) is 5.73 Å². The standard InChI is InChI=1S/C9H8N2.C8H9NO/c10-8-5-1-3-7-4-2-6-11-9(7)8;1-6-4-2-3-5-7(6)8(9)10/h1-6H,10H2;2-5H,1H3,(H2,9,10). The average molecular weight is 279 g/mol. The minimum atomic E-state index is -0.363. The van der Waals surface area contributed by atoms with Crippen molar-refractivity contribution in [3.63, 3.8) is 0 Å². The highest BCUT2D eigenvalue weighted by Gasteiger charge is 2.00. The van der Waals surface area contributed by atoms with Gasteiger partial charge in [-0.15, -0.1) is 0 Å². The van der Waals surface area contributed by atoms with Crippen LogP contribution >= 0.6 is 0 Å². The van der Waals surface area contributed by atoms with Crippen molar-refractivity contribution in [3.8, 4) is 0 Å². The molecule has 0 aliphatic carbocycles. The molecule has 1 heterocycles. The highest BCUT2D eigenvalue weighted by molar-refractivity contribution is 5.94. The Morgan fingerprint density at radius 1 is 1.00 bits per heavy atom. The molecule has 106 valence electrons. The van der Waals surface area contributed by atoms with Crippen LogP contribution in [0.5, 0.6) is 0 Å². The molecule has 0 bridgehead atoms. The van der Waals surface area contributed by atoms with Crippen molar-refractivity contribution in [2.45, 2.75) is 6.92 Å². The molecule has 3 rings (SSSR count). The van der Waals surface area contributed by atoms with E-state index in [2.05, 4.69) is 4.98 Å². The minimum Gasteiger partial charge on any atom is -0.397 e. The molecule has 1 aromatic heterocycles. The lowest BCUT2D eigenvalue weighted by molar-refractivity contribution is 0.0999. The summed E-state index contributed by atoms with van der Waals surface area (Å²) in [6, 6.07) is 16.9. The van der Waals surface area contributed by atoms with Gasteiger partial charge >= 0.3 is 0 Å². The number of primary amides is 1. The van der Waals surface area contributed by atoms with E-state index in [0.29, 0.717) is 5.56 Å². The van der Waals surface area contributed by atoms with Crippen LogP contribution in [0.3, 0.4) is 0 Å². The number of para-hydroxylation sites is 1. The van der Waals surface area contributed by atoms with Crippen LogP contribution in [0.4, 0.5) is 5.69 Å². The summed E-state index contributed by atoms with van der Waals surface area (Å²) in [6.07, 6.45) is 1.75. The Labute approximate surface area is 123 Å². The maximum Gasteiger partial charge on any atom is 0.248 e. The third-order valence-corrected chi connectivity index (χ3v) is 3.07. The molecule has 0 spiro atoms. The molecular weight excluding hydrogens is 262 g/mol. The van der Waals surface area contributed by atoms with Crippen LogP contribution in [-0.4, -0.2) is 10.9 Å². The number of fused-ring (bicyclic) bond motifs is 1. The van der Waals surface area contributed by atoms with Crippen molar-refractivity contribution in [2.24, 2.45) is 5.73 Å². The fourth-order valence-corrected chi connectivity index (χ4v) is 1.98. The molecule has 0 unspecified atom stereocenters. The van der Waals surface area contributed by atoms with Crippen LogP contribution in [0.1, 0.15) is 15.9 Å². The largest absolute Gasteiger partial charge is 0.397 e. The molecule has 0 aliphatic heterocycles. The average Bonchev–Trinajstić information content (AvgIpc) is 2.49. The first-order valence-corrected chi connectivity index (χ1v) is 6.54. The number of rotatable bonds is 1. The zero-order valence-electron chi connectivity index (χ0n) is 11.8. The maximum atomic E-state index is 10.6. The van der Waals surface area contributed by atoms with Gasteiger partial charge in [0.25, 0.3) is 0 Å². The van der Waals surface area contributed by atoms with E-state index in [-0.39, 0.29) is 5.91 Å². The number of nitrogens with zero attached hydrogens (tertiary/aromatic N) is 1. The lowest BCUT2D eigenvalue weighted by Gasteiger charge is -1.97. The number of amides is 1. The smallest absolute Gasteiger partial charge is 0.248 e. The Kier molecular flexibility index (Phi) is 4.51. The number of benzene rings is 2. The zero-order valence-corrected chi connectivity index (χ0v) is 11.8. The Bertz CT molecular complexity index is 763. The number of hydrogen-bond donors (Lipinski definition) is 2. The summed E-state index contributed by atoms with van der Waals surface area (Å²) in [5, 5.41) is 1.09. The number of carbonyl (C=O) groups is 1. The summed E-state index contributed by atoms with van der Waals surface area (Å²) in [4.78, 5) is 14.8. The first kappa shape index (κ1) is 14.5. The Balaban J connectivity index is 0.000000155. The highest BCUT2D eigenvalue weighted by Crippen LogP contribution is 2.16. The number of aromatic nitrogens is 1. The third-order valence-electron chi connectivity index (χ3n) is 3.07. The topological polar surface area (TPSA) is 82.0 Å². The SMILES string of the molecule is Cc1ccccc1C(N)=O.Nc1cccc2cccnc12. The van der Waals surface area contributed by atoms with Gasteiger partial charge in [-0.1, -0.05) is 36.4 Å². The number of carbonyl (C=O) groups excluding carboxylic acids is 1. The van der Waals surface area contributed by atoms with Crippen molar-refractivity contribution in [1.29, 1.82) is 0 Å². The molecule has 21 heavy (non-hydrogen) atoms. The number of anilines is 1. The van der Waals surface area contributed by atoms with Crippen LogP contribution in [0.15, 0.2) is 60.8 Å². The van der Waals surface area contributed by atoms with Gasteiger partial charge in [-0.25, -0.2) is 0 Å². The van der Waals surface area contributed by atoms with Crippen LogP contribution in [0.2, 0.25) is 0 Å². The van der Waals surface area contributed by atoms with Crippen molar-refractivity contribution in [1.82, 2.24) is 4.98 Å². The Morgan fingerprint density at radius 3 is 2.33 bits per heavy atom. The second-order valence-electron chi connectivity index (χ2n) is 4.60. The fourth-order valence-electron chi connectivity index (χ4n) is 1.98. The van der Waals surface area contributed by atoms with E-state index >= 15 is 0 Å². The van der Waals surface area contributed by atoms with Crippen LogP contribution in [0, 0.1) is 6.92 Å². The van der Waals surface area contributed by atoms with Gasteiger partial charge in [0.15, 0.2) is 0 Å². The number of nitrogen functional groups attached to an aromatic ring is 1. The molecule has 0 saturated heterocycles. The number of pyridine rings is 1. The maximum absolute atomic E-state index is 10.6. The second kappa shape index (κ2) is 6.52. The number of aryl methyl sites for hydroxylation is 1. The monoisotopic (exact) mass is 279 g/mol. The molecule has 0 atom stereocenters. The lowest BCUT2D eigenvalue weighted by Crippen LogP contribution is -2.12. The number of hydrogen-bond acceptors (Lipinski definition) is 3. The van der Waals surface area contributed by atoms with E-state index < -0.39 is 0 Å². The molecular formula is C17H17N3O. The summed E-state index contributed by atoms with van der Waals surface area (Å²) in [5.41, 5.74) is 13.9. The first-order chi connectivity index (χ1) is 10.1. The van der Waals surface area contributed by atoms with Crippen molar-refractivity contribution >= 4 is 22.5 Å². The van der Waals surface area contributed by atoms with Crippen molar-refractivity contribution < 1.29 is 4.79 Å². The highest BCUT2D eigenvalue weighted by atomic mass is 16.1. The molecule has 0 fully saturated rings. The van der Waals surface area contributed by atoms with Crippen LogP contribution in [-0.2, 0) is 0 Å². The predicted molar refractivity (Wildman–Crippen MR) is 85.9 cm³/mol. The quantitative estimate of drug-likeness (QED) is 0.672. The van der Waals surface area contributed by atoms with E-state index in [9.17, 15) is 4.79 Å². The molecule has 1 amide bonds. The molecule has 0 saturated carbocycles. The molecule has 0 aliphatic rings. The van der Waals surface area contributed by atoms with Crippen LogP contribution in [0.25, 0.3) is 10.9 Å². The summed E-state index contributed by atoms with van der Waals surface area (Å²) in [5.74, 6) is -0.363. The van der Waals surface area contributed by atoms with Gasteiger partial charge in [0.2, 0.25) is 5.91 Å². The molecule has 2 aromatic carbocycles. The van der Waals surface area contributed by atoms with Gasteiger partial charge in [-0.3, -0.25) is 9.78 Å². The van der Waals surface area contributed by atoms with E-state index in [1.54, 1.807) is 18.3 Å². The second-order valence-corrected chi connectivity index (χ2v) is 4.60. The zero-order chi connectivity index (χ0) is 15.2. The summed E-state index contributed by atoms with van der Waals surface area (Å²) < 4.78 is 0. The van der Waals surface area contributed by atoms with Gasteiger partial charge in [-0.05, 0) is 30.7 Å². The number of nitrogens with two attached hydrogens (primary N) is 2. The summed E-state index contributed by atoms with van der Waals surface area (Å²) in [6.45, 7) is 1.86. The minimum absolute atomic E-state index is 0.363. The van der Waals surface area contributed by atoms with Gasteiger partial charge in [0.1, 0.15) is 0 Å². The molecule has 4 N–H and O–H groups in total. The van der Waals surface area contributed by atoms with Gasteiger partial charge in [-0.2, -0.15) is 0 Å². The molecule has 4 nitrogen and oxygen atoms in total. The lowest BCUT2D eigenvalue weighted by atomic mass is 10.1. The summed E-state index contributed by atoms with van der Waals surface area (Å²) in [7, 11) is 0. The normalized spacial score (nSPS) is 9.76. The Hall–Kier alpha value is -2.88. The van der Waals surface area contributed by atoms with E-state index in [1.165, 1.54) is 0 Å².